The first kappa shape index (κ1) is 14.6. The summed E-state index contributed by atoms with van der Waals surface area (Å²) in [7, 11) is 0. The predicted octanol–water partition coefficient (Wildman–Crippen LogP) is 1.73. The predicted molar refractivity (Wildman–Crippen MR) is 85.5 cm³/mol. The Labute approximate surface area is 129 Å². The lowest BCUT2D eigenvalue weighted by molar-refractivity contribution is -0.125. The zero-order valence-electron chi connectivity index (χ0n) is 12.8. The Balaban J connectivity index is 1.51. The lowest BCUT2D eigenvalue weighted by atomic mass is 10.2. The van der Waals surface area contributed by atoms with Crippen LogP contribution >= 0.6 is 0 Å². The number of aromatic nitrogens is 1. The van der Waals surface area contributed by atoms with Gasteiger partial charge in [-0.15, -0.1) is 0 Å². The lowest BCUT2D eigenvalue weighted by Gasteiger charge is -2.12. The first-order valence-electron chi connectivity index (χ1n) is 7.77. The third kappa shape index (κ3) is 2.98. The van der Waals surface area contributed by atoms with Gasteiger partial charge in [0.25, 0.3) is 0 Å². The van der Waals surface area contributed by atoms with Crippen LogP contribution in [0, 0.1) is 6.92 Å². The van der Waals surface area contributed by atoms with E-state index >= 15 is 0 Å². The molecule has 1 saturated heterocycles. The molecule has 5 nitrogen and oxygen atoms in total. The molecule has 0 radical (unpaired) electrons. The Morgan fingerprint density at radius 2 is 2.23 bits per heavy atom. The van der Waals surface area contributed by atoms with E-state index in [1.165, 1.54) is 16.6 Å². The molecule has 1 fully saturated rings. The average Bonchev–Trinajstić information content (AvgIpc) is 3.07. The van der Waals surface area contributed by atoms with Gasteiger partial charge >= 0.3 is 0 Å². The van der Waals surface area contributed by atoms with Gasteiger partial charge in [0, 0.05) is 30.7 Å². The second-order valence-corrected chi connectivity index (χ2v) is 5.80. The molecule has 3 rings (SSSR count). The number of aryl methyl sites for hydroxylation is 2. The van der Waals surface area contributed by atoms with Crippen molar-refractivity contribution in [1.82, 2.24) is 15.2 Å². The quantitative estimate of drug-likeness (QED) is 0.826. The fraction of sp³-hybridized carbons (Fsp3) is 0.412. The van der Waals surface area contributed by atoms with Crippen molar-refractivity contribution in [2.75, 3.05) is 6.54 Å². The summed E-state index contributed by atoms with van der Waals surface area (Å²) in [5.41, 5.74) is 2.46. The largest absolute Gasteiger partial charge is 0.354 e. The van der Waals surface area contributed by atoms with Gasteiger partial charge in [0.2, 0.25) is 11.8 Å². The first-order valence-corrected chi connectivity index (χ1v) is 7.77. The van der Waals surface area contributed by atoms with Crippen molar-refractivity contribution in [3.8, 4) is 0 Å². The summed E-state index contributed by atoms with van der Waals surface area (Å²) in [4.78, 5) is 23.0. The van der Waals surface area contributed by atoms with Crippen LogP contribution < -0.4 is 10.6 Å². The molecule has 0 saturated carbocycles. The number of nitrogens with zero attached hydrogens (tertiary/aromatic N) is 1. The maximum Gasteiger partial charge on any atom is 0.242 e. The molecule has 1 atom stereocenters. The molecule has 2 amide bonds. The fourth-order valence-electron chi connectivity index (χ4n) is 3.03. The van der Waals surface area contributed by atoms with Crippen LogP contribution in [0.1, 0.15) is 25.0 Å². The van der Waals surface area contributed by atoms with Crippen molar-refractivity contribution in [2.45, 2.75) is 38.8 Å². The second-order valence-electron chi connectivity index (χ2n) is 5.80. The maximum absolute atomic E-state index is 11.9. The second kappa shape index (κ2) is 6.22. The molecule has 1 aromatic heterocycles. The molecule has 2 heterocycles. The molecule has 2 N–H and O–H groups in total. The molecule has 1 aromatic carbocycles. The van der Waals surface area contributed by atoms with E-state index in [1.54, 1.807) is 0 Å². The summed E-state index contributed by atoms with van der Waals surface area (Å²) in [6.07, 6.45) is 1.92. The molecular weight excluding hydrogens is 278 g/mol. The summed E-state index contributed by atoms with van der Waals surface area (Å²) >= 11 is 0. The fourth-order valence-corrected chi connectivity index (χ4v) is 3.03. The van der Waals surface area contributed by atoms with Gasteiger partial charge in [-0.3, -0.25) is 9.59 Å². The number of carbonyl (C=O) groups excluding carboxylic acids is 2. The van der Waals surface area contributed by atoms with E-state index in [0.717, 1.165) is 13.0 Å². The summed E-state index contributed by atoms with van der Waals surface area (Å²) in [5, 5.41) is 6.84. The summed E-state index contributed by atoms with van der Waals surface area (Å²) < 4.78 is 2.28. The van der Waals surface area contributed by atoms with E-state index in [1.807, 2.05) is 12.1 Å². The SMILES string of the molecule is Cc1cc2ccccc2n1CCCNC(=O)C1CCC(=O)N1. The lowest BCUT2D eigenvalue weighted by Crippen LogP contribution is -2.42. The highest BCUT2D eigenvalue weighted by molar-refractivity contribution is 5.90. The van der Waals surface area contributed by atoms with Crippen molar-refractivity contribution in [3.63, 3.8) is 0 Å². The smallest absolute Gasteiger partial charge is 0.242 e. The number of nitrogens with one attached hydrogen (secondary N) is 2. The zero-order valence-corrected chi connectivity index (χ0v) is 12.8. The molecular formula is C17H21N3O2. The van der Waals surface area contributed by atoms with Crippen LogP contribution in [0.3, 0.4) is 0 Å². The molecule has 2 aromatic rings. The Bertz CT molecular complexity index is 705. The highest BCUT2D eigenvalue weighted by Gasteiger charge is 2.26. The molecule has 1 aliphatic heterocycles. The van der Waals surface area contributed by atoms with Gasteiger partial charge in [-0.05, 0) is 37.3 Å². The van der Waals surface area contributed by atoms with Crippen molar-refractivity contribution in [1.29, 1.82) is 0 Å². The van der Waals surface area contributed by atoms with E-state index in [2.05, 4.69) is 40.3 Å². The maximum atomic E-state index is 11.9. The van der Waals surface area contributed by atoms with Crippen LogP contribution in [0.4, 0.5) is 0 Å². The van der Waals surface area contributed by atoms with E-state index in [4.69, 9.17) is 0 Å². The molecule has 5 heteroatoms. The van der Waals surface area contributed by atoms with Gasteiger partial charge in [-0.25, -0.2) is 0 Å². The Morgan fingerprint density at radius 3 is 3.00 bits per heavy atom. The van der Waals surface area contributed by atoms with Crippen LogP contribution in [0.25, 0.3) is 10.9 Å². The van der Waals surface area contributed by atoms with Crippen LogP contribution in [0.5, 0.6) is 0 Å². The van der Waals surface area contributed by atoms with Crippen molar-refractivity contribution in [3.05, 3.63) is 36.0 Å². The monoisotopic (exact) mass is 299 g/mol. The minimum atomic E-state index is -0.346. The van der Waals surface area contributed by atoms with E-state index < -0.39 is 0 Å². The highest BCUT2D eigenvalue weighted by Crippen LogP contribution is 2.19. The van der Waals surface area contributed by atoms with Gasteiger partial charge in [0.1, 0.15) is 6.04 Å². The number of para-hydroxylation sites is 1. The molecule has 116 valence electrons. The minimum absolute atomic E-state index is 0.0328. The van der Waals surface area contributed by atoms with Crippen molar-refractivity contribution in [2.24, 2.45) is 0 Å². The molecule has 0 aliphatic carbocycles. The number of benzene rings is 1. The van der Waals surface area contributed by atoms with Gasteiger partial charge in [-0.1, -0.05) is 18.2 Å². The number of rotatable bonds is 5. The third-order valence-electron chi connectivity index (χ3n) is 4.19. The zero-order chi connectivity index (χ0) is 15.5. The average molecular weight is 299 g/mol. The van der Waals surface area contributed by atoms with E-state index in [9.17, 15) is 9.59 Å². The van der Waals surface area contributed by atoms with Gasteiger partial charge in [0.05, 0.1) is 0 Å². The number of carbonyl (C=O) groups is 2. The number of hydrogen-bond acceptors (Lipinski definition) is 2. The molecule has 1 unspecified atom stereocenters. The first-order chi connectivity index (χ1) is 10.6. The Hall–Kier alpha value is -2.30. The van der Waals surface area contributed by atoms with Crippen LogP contribution in [0.15, 0.2) is 30.3 Å². The Kier molecular flexibility index (Phi) is 4.13. The number of fused-ring (bicyclic) bond motifs is 1. The normalized spacial score (nSPS) is 17.7. The van der Waals surface area contributed by atoms with Crippen LogP contribution in [-0.2, 0) is 16.1 Å². The molecule has 0 spiro atoms. The highest BCUT2D eigenvalue weighted by atomic mass is 16.2. The summed E-state index contributed by atoms with van der Waals surface area (Å²) in [6.45, 7) is 3.60. The van der Waals surface area contributed by atoms with Gasteiger partial charge in [0.15, 0.2) is 0 Å². The molecule has 1 aliphatic rings. The van der Waals surface area contributed by atoms with Crippen molar-refractivity contribution >= 4 is 22.7 Å². The summed E-state index contributed by atoms with van der Waals surface area (Å²) in [5.74, 6) is -0.102. The van der Waals surface area contributed by atoms with Gasteiger partial charge in [-0.2, -0.15) is 0 Å². The summed E-state index contributed by atoms with van der Waals surface area (Å²) in [6, 6.07) is 10.2. The number of amides is 2. The van der Waals surface area contributed by atoms with Crippen LogP contribution in [0.2, 0.25) is 0 Å². The standard InChI is InChI=1S/C17H21N3O2/c1-12-11-13-5-2-3-6-15(13)20(12)10-4-9-18-17(22)14-7-8-16(21)19-14/h2-3,5-6,11,14H,4,7-10H2,1H3,(H,18,22)(H,19,21). The third-order valence-corrected chi connectivity index (χ3v) is 4.19. The van der Waals surface area contributed by atoms with E-state index in [0.29, 0.717) is 19.4 Å². The van der Waals surface area contributed by atoms with Crippen molar-refractivity contribution < 1.29 is 9.59 Å². The number of hydrogen-bond donors (Lipinski definition) is 2. The minimum Gasteiger partial charge on any atom is -0.354 e. The molecule has 22 heavy (non-hydrogen) atoms. The Morgan fingerprint density at radius 1 is 1.41 bits per heavy atom. The molecule has 0 bridgehead atoms. The van der Waals surface area contributed by atoms with Gasteiger partial charge < -0.3 is 15.2 Å². The van der Waals surface area contributed by atoms with E-state index in [-0.39, 0.29) is 17.9 Å². The van der Waals surface area contributed by atoms with Crippen LogP contribution in [-0.4, -0.2) is 29.0 Å². The topological polar surface area (TPSA) is 63.1 Å².